The monoisotopic (exact) mass is 430 g/mol. The van der Waals surface area contributed by atoms with Gasteiger partial charge in [-0.2, -0.15) is 0 Å². The lowest BCUT2D eigenvalue weighted by Crippen LogP contribution is -2.21. The van der Waals surface area contributed by atoms with Crippen LogP contribution in [0.25, 0.3) is 22.2 Å². The summed E-state index contributed by atoms with van der Waals surface area (Å²) in [7, 11) is 8.77. The smallest absolute Gasteiger partial charge is 0.253 e. The molecule has 7 heteroatoms. The molecule has 0 aliphatic rings. The topological polar surface area (TPSA) is 68.6 Å². The zero-order chi connectivity index (χ0) is 22.8. The molecule has 2 aromatic heterocycles. The van der Waals surface area contributed by atoms with E-state index in [4.69, 9.17) is 9.47 Å². The van der Waals surface area contributed by atoms with Crippen LogP contribution in [0, 0.1) is 0 Å². The van der Waals surface area contributed by atoms with Gasteiger partial charge in [0.1, 0.15) is 17.3 Å². The number of nitrogens with one attached hydrogen (secondary N) is 1. The van der Waals surface area contributed by atoms with Crippen LogP contribution in [0.4, 0.5) is 11.5 Å². The molecule has 0 fully saturated rings. The molecule has 32 heavy (non-hydrogen) atoms. The number of anilines is 2. The van der Waals surface area contributed by atoms with Crippen LogP contribution in [0.2, 0.25) is 0 Å². The quantitative estimate of drug-likeness (QED) is 0.480. The molecule has 7 nitrogen and oxygen atoms in total. The number of fused-ring (bicyclic) bond motifs is 1. The first kappa shape index (κ1) is 21.2. The third kappa shape index (κ3) is 3.85. The predicted octanol–water partition coefficient (Wildman–Crippen LogP) is 4.70. The molecule has 164 valence electrons. The third-order valence-electron chi connectivity index (χ3n) is 5.47. The average molecular weight is 431 g/mol. The van der Waals surface area contributed by atoms with Crippen LogP contribution in [0.3, 0.4) is 0 Å². The fraction of sp³-hybridized carbons (Fsp3) is 0.200. The van der Waals surface area contributed by atoms with Gasteiger partial charge < -0.3 is 24.3 Å². The molecule has 2 aromatic carbocycles. The Labute approximate surface area is 187 Å². The number of methoxy groups -OCH3 is 2. The highest BCUT2D eigenvalue weighted by molar-refractivity contribution is 5.97. The van der Waals surface area contributed by atoms with E-state index in [9.17, 15) is 4.79 Å². The summed E-state index contributed by atoms with van der Waals surface area (Å²) < 4.78 is 12.9. The van der Waals surface area contributed by atoms with Crippen molar-refractivity contribution >= 4 is 28.3 Å². The number of carbonyl (C=O) groups excluding carboxylic acids is 1. The van der Waals surface area contributed by atoms with E-state index in [-0.39, 0.29) is 5.91 Å². The number of nitrogens with zero attached hydrogens (tertiary/aromatic N) is 3. The molecular formula is C25H26N4O3. The summed E-state index contributed by atoms with van der Waals surface area (Å²) in [6, 6.07) is 17.3. The minimum atomic E-state index is -0.0160. The van der Waals surface area contributed by atoms with Crippen molar-refractivity contribution in [3.8, 4) is 22.8 Å². The molecule has 0 saturated heterocycles. The summed E-state index contributed by atoms with van der Waals surface area (Å²) >= 11 is 0. The Balaban J connectivity index is 1.73. The van der Waals surface area contributed by atoms with E-state index < -0.39 is 0 Å². The van der Waals surface area contributed by atoms with E-state index in [1.165, 1.54) is 0 Å². The van der Waals surface area contributed by atoms with E-state index >= 15 is 0 Å². The maximum Gasteiger partial charge on any atom is 0.253 e. The Morgan fingerprint density at radius 2 is 1.75 bits per heavy atom. The first-order chi connectivity index (χ1) is 15.4. The minimum Gasteiger partial charge on any atom is -0.497 e. The first-order valence-corrected chi connectivity index (χ1v) is 10.2. The molecule has 0 aliphatic carbocycles. The lowest BCUT2D eigenvalue weighted by molar-refractivity contribution is 0.0827. The molecule has 0 atom stereocenters. The van der Waals surface area contributed by atoms with Crippen LogP contribution in [-0.2, 0) is 7.05 Å². The predicted molar refractivity (Wildman–Crippen MR) is 127 cm³/mol. The van der Waals surface area contributed by atoms with Gasteiger partial charge in [0.15, 0.2) is 0 Å². The highest BCUT2D eigenvalue weighted by Crippen LogP contribution is 2.35. The van der Waals surface area contributed by atoms with E-state index in [2.05, 4.69) is 20.9 Å². The number of carbonyl (C=O) groups is 1. The van der Waals surface area contributed by atoms with E-state index in [0.29, 0.717) is 11.3 Å². The van der Waals surface area contributed by atoms with Crippen molar-refractivity contribution in [3.63, 3.8) is 0 Å². The van der Waals surface area contributed by atoms with Crippen molar-refractivity contribution in [2.75, 3.05) is 33.6 Å². The van der Waals surface area contributed by atoms with Crippen LogP contribution in [0.1, 0.15) is 10.4 Å². The van der Waals surface area contributed by atoms with Crippen molar-refractivity contribution < 1.29 is 14.3 Å². The lowest BCUT2D eigenvalue weighted by Gasteiger charge is -2.12. The summed E-state index contributed by atoms with van der Waals surface area (Å²) in [5, 5.41) is 4.37. The fourth-order valence-corrected chi connectivity index (χ4v) is 3.71. The second kappa shape index (κ2) is 8.63. The van der Waals surface area contributed by atoms with Gasteiger partial charge in [0, 0.05) is 50.0 Å². The Hall–Kier alpha value is -4.00. The molecule has 4 rings (SSSR count). The number of aromatic nitrogens is 2. The maximum atomic E-state index is 12.2. The molecule has 2 heterocycles. The SMILES string of the molecule is COc1ccc(Nc2nccc3c2cc(-c2ccc(C(=O)N(C)C)cc2)n3C)c(OC)c1. The van der Waals surface area contributed by atoms with Crippen molar-refractivity contribution in [1.29, 1.82) is 0 Å². The van der Waals surface area contributed by atoms with Gasteiger partial charge in [0.2, 0.25) is 0 Å². The molecule has 0 unspecified atom stereocenters. The van der Waals surface area contributed by atoms with Crippen LogP contribution in [-0.4, -0.2) is 48.7 Å². The number of ether oxygens (including phenoxy) is 2. The largest absolute Gasteiger partial charge is 0.497 e. The summed E-state index contributed by atoms with van der Waals surface area (Å²) in [4.78, 5) is 18.3. The number of pyridine rings is 1. The highest BCUT2D eigenvalue weighted by atomic mass is 16.5. The number of benzene rings is 2. The molecule has 0 spiro atoms. The van der Waals surface area contributed by atoms with Crippen LogP contribution in [0.5, 0.6) is 11.5 Å². The Morgan fingerprint density at radius 1 is 1.00 bits per heavy atom. The molecule has 0 bridgehead atoms. The van der Waals surface area contributed by atoms with Crippen LogP contribution >= 0.6 is 0 Å². The fourth-order valence-electron chi connectivity index (χ4n) is 3.71. The molecule has 1 N–H and O–H groups in total. The average Bonchev–Trinajstić information content (AvgIpc) is 3.16. The molecule has 0 radical (unpaired) electrons. The van der Waals surface area contributed by atoms with Gasteiger partial charge in [-0.1, -0.05) is 12.1 Å². The Morgan fingerprint density at radius 3 is 2.41 bits per heavy atom. The standard InChI is InChI=1S/C25H26N4O3/c1-28(2)25(30)17-8-6-16(7-9-17)22-15-19-21(29(22)3)12-13-26-24(19)27-20-11-10-18(31-4)14-23(20)32-5/h6-15H,1-5H3,(H,26,27). The second-order valence-electron chi connectivity index (χ2n) is 7.65. The molecule has 1 amide bonds. The zero-order valence-corrected chi connectivity index (χ0v) is 18.8. The van der Waals surface area contributed by atoms with Crippen molar-refractivity contribution in [2.24, 2.45) is 7.05 Å². The van der Waals surface area contributed by atoms with E-state index in [0.717, 1.165) is 39.4 Å². The third-order valence-corrected chi connectivity index (χ3v) is 5.47. The van der Waals surface area contributed by atoms with Crippen molar-refractivity contribution in [2.45, 2.75) is 0 Å². The van der Waals surface area contributed by atoms with Crippen molar-refractivity contribution in [3.05, 3.63) is 66.4 Å². The minimum absolute atomic E-state index is 0.0160. The van der Waals surface area contributed by atoms with Gasteiger partial charge in [-0.15, -0.1) is 0 Å². The summed E-state index contributed by atoms with van der Waals surface area (Å²) in [6.07, 6.45) is 1.78. The Bertz CT molecular complexity index is 1280. The molecule has 4 aromatic rings. The first-order valence-electron chi connectivity index (χ1n) is 10.2. The summed E-state index contributed by atoms with van der Waals surface area (Å²) in [5.41, 5.74) is 4.55. The van der Waals surface area contributed by atoms with Gasteiger partial charge in [-0.3, -0.25) is 4.79 Å². The van der Waals surface area contributed by atoms with Gasteiger partial charge in [0.25, 0.3) is 5.91 Å². The van der Waals surface area contributed by atoms with Crippen LogP contribution in [0.15, 0.2) is 60.8 Å². The van der Waals surface area contributed by atoms with Gasteiger partial charge in [-0.05, 0) is 42.0 Å². The van der Waals surface area contributed by atoms with Gasteiger partial charge in [-0.25, -0.2) is 4.98 Å². The highest BCUT2D eigenvalue weighted by Gasteiger charge is 2.15. The molecule has 0 saturated carbocycles. The maximum absolute atomic E-state index is 12.2. The number of hydrogen-bond acceptors (Lipinski definition) is 5. The normalized spacial score (nSPS) is 10.8. The number of rotatable bonds is 6. The second-order valence-corrected chi connectivity index (χ2v) is 7.65. The van der Waals surface area contributed by atoms with Gasteiger partial charge >= 0.3 is 0 Å². The summed E-state index contributed by atoms with van der Waals surface area (Å²) in [6.45, 7) is 0. The molecule has 0 aliphatic heterocycles. The van der Waals surface area contributed by atoms with Gasteiger partial charge in [0.05, 0.1) is 25.4 Å². The zero-order valence-electron chi connectivity index (χ0n) is 18.8. The van der Waals surface area contributed by atoms with Crippen molar-refractivity contribution in [1.82, 2.24) is 14.5 Å². The number of hydrogen-bond donors (Lipinski definition) is 1. The molecular weight excluding hydrogens is 404 g/mol. The number of aryl methyl sites for hydroxylation is 1. The lowest BCUT2D eigenvalue weighted by atomic mass is 10.1. The summed E-state index contributed by atoms with van der Waals surface area (Å²) in [5.74, 6) is 2.10. The van der Waals surface area contributed by atoms with Crippen LogP contribution < -0.4 is 14.8 Å². The van der Waals surface area contributed by atoms with E-state index in [1.54, 1.807) is 39.4 Å². The van der Waals surface area contributed by atoms with E-state index in [1.807, 2.05) is 55.6 Å². The number of amides is 1. The Kier molecular flexibility index (Phi) is 5.73.